The third kappa shape index (κ3) is 8.55. The van der Waals surface area contributed by atoms with E-state index in [2.05, 4.69) is 313 Å². The molecular formula is C72H50N2. The molecule has 13 aromatic rings. The highest BCUT2D eigenvalue weighted by molar-refractivity contribution is 6.16. The van der Waals surface area contributed by atoms with Gasteiger partial charge in [0.2, 0.25) is 0 Å². The SMILES string of the molecule is c1ccc(-c2cccc(-c3ccc(N(c4ccc(-c5cc(-c6ccccc6)cc(-c6ccccc6)c5)cc4)c4cccc(-c5cccc(-c6cccc7c6c6ccccc6n7-c6ccccc6)c5)c4)cc3)c2)cc1. The van der Waals surface area contributed by atoms with Gasteiger partial charge in [-0.3, -0.25) is 0 Å². The number of para-hydroxylation sites is 2. The van der Waals surface area contributed by atoms with Gasteiger partial charge in [-0.1, -0.05) is 212 Å². The number of nitrogens with zero attached hydrogens (tertiary/aromatic N) is 2. The minimum absolute atomic E-state index is 1.07. The first-order chi connectivity index (χ1) is 36.7. The van der Waals surface area contributed by atoms with Crippen LogP contribution in [0.25, 0.3) is 105 Å². The zero-order valence-electron chi connectivity index (χ0n) is 40.8. The average molecular weight is 943 g/mol. The molecule has 0 aliphatic heterocycles. The lowest BCUT2D eigenvalue weighted by atomic mass is 9.93. The second-order valence-corrected chi connectivity index (χ2v) is 18.9. The quantitative estimate of drug-likeness (QED) is 0.125. The lowest BCUT2D eigenvalue weighted by molar-refractivity contribution is 1.18. The Balaban J connectivity index is 0.901. The van der Waals surface area contributed by atoms with E-state index in [9.17, 15) is 0 Å². The van der Waals surface area contributed by atoms with Gasteiger partial charge >= 0.3 is 0 Å². The highest BCUT2D eigenvalue weighted by Gasteiger charge is 2.19. The van der Waals surface area contributed by atoms with Crippen LogP contribution in [0.4, 0.5) is 17.1 Å². The monoisotopic (exact) mass is 942 g/mol. The first kappa shape index (κ1) is 44.2. The fraction of sp³-hybridized carbons (Fsp3) is 0. The van der Waals surface area contributed by atoms with Crippen molar-refractivity contribution in [3.05, 3.63) is 303 Å². The minimum Gasteiger partial charge on any atom is -0.310 e. The van der Waals surface area contributed by atoms with Gasteiger partial charge in [0.05, 0.1) is 11.0 Å². The molecule has 0 atom stereocenters. The van der Waals surface area contributed by atoms with Crippen molar-refractivity contribution in [1.82, 2.24) is 4.57 Å². The molecule has 348 valence electrons. The van der Waals surface area contributed by atoms with Crippen LogP contribution in [-0.4, -0.2) is 4.57 Å². The standard InChI is InChI=1S/C72H50N2/c1-5-19-51(20-6-1)56-25-15-26-57(45-56)54-37-41-65(42-38-54)73(66-43-39-55(40-44-66)63-48-61(52-21-7-2-8-22-52)47-62(49-63)53-23-9-3-10-24-53)67-32-17-28-59(50-67)58-27-16-29-60(46-58)68-34-18-36-71-72(68)69-33-13-14-35-70(69)74(71)64-30-11-4-12-31-64/h1-50H. The molecule has 0 fully saturated rings. The number of anilines is 3. The molecule has 1 aromatic heterocycles. The molecule has 0 N–H and O–H groups in total. The Morgan fingerprint density at radius 3 is 1.15 bits per heavy atom. The first-order valence-corrected chi connectivity index (χ1v) is 25.4. The molecule has 1 heterocycles. The predicted octanol–water partition coefficient (Wildman–Crippen LogP) is 19.9. The molecule has 0 saturated heterocycles. The molecule has 0 amide bonds. The van der Waals surface area contributed by atoms with Gasteiger partial charge in [0.1, 0.15) is 0 Å². The Bertz CT molecular complexity index is 4030. The number of aromatic nitrogens is 1. The van der Waals surface area contributed by atoms with E-state index in [4.69, 9.17) is 0 Å². The smallest absolute Gasteiger partial charge is 0.0547 e. The summed E-state index contributed by atoms with van der Waals surface area (Å²) in [6, 6.07) is 110. The Morgan fingerprint density at radius 1 is 0.216 bits per heavy atom. The maximum Gasteiger partial charge on any atom is 0.0547 e. The van der Waals surface area contributed by atoms with Crippen molar-refractivity contribution in [2.45, 2.75) is 0 Å². The Morgan fingerprint density at radius 2 is 0.581 bits per heavy atom. The normalized spacial score (nSPS) is 11.2. The van der Waals surface area contributed by atoms with Crippen LogP contribution < -0.4 is 4.90 Å². The number of rotatable bonds is 11. The predicted molar refractivity (Wildman–Crippen MR) is 314 cm³/mol. The van der Waals surface area contributed by atoms with Crippen LogP contribution in [0.5, 0.6) is 0 Å². The summed E-state index contributed by atoms with van der Waals surface area (Å²) in [7, 11) is 0. The molecule has 0 saturated carbocycles. The third-order valence-electron chi connectivity index (χ3n) is 14.4. The van der Waals surface area contributed by atoms with Crippen molar-refractivity contribution >= 4 is 38.9 Å². The lowest BCUT2D eigenvalue weighted by Gasteiger charge is -2.26. The molecular weight excluding hydrogens is 893 g/mol. The topological polar surface area (TPSA) is 8.17 Å². The van der Waals surface area contributed by atoms with Gasteiger partial charge in [0.15, 0.2) is 0 Å². The molecule has 0 spiro atoms. The van der Waals surface area contributed by atoms with E-state index in [0.29, 0.717) is 0 Å². The van der Waals surface area contributed by atoms with Crippen LogP contribution >= 0.6 is 0 Å². The van der Waals surface area contributed by atoms with Crippen molar-refractivity contribution in [3.63, 3.8) is 0 Å². The largest absolute Gasteiger partial charge is 0.310 e. The van der Waals surface area contributed by atoms with E-state index >= 15 is 0 Å². The summed E-state index contributed by atoms with van der Waals surface area (Å²) in [5.41, 5.74) is 23.3. The van der Waals surface area contributed by atoms with Gasteiger partial charge in [0, 0.05) is 33.5 Å². The van der Waals surface area contributed by atoms with E-state index in [1.807, 2.05) is 0 Å². The summed E-state index contributed by atoms with van der Waals surface area (Å²) in [5, 5.41) is 2.50. The average Bonchev–Trinajstić information content (AvgIpc) is 3.83. The Labute approximate surface area is 433 Å². The molecule has 2 nitrogen and oxygen atoms in total. The molecule has 0 radical (unpaired) electrons. The van der Waals surface area contributed by atoms with Gasteiger partial charge in [-0.05, 0) is 169 Å². The Hall–Kier alpha value is -9.76. The van der Waals surface area contributed by atoms with Crippen LogP contribution in [0.3, 0.4) is 0 Å². The van der Waals surface area contributed by atoms with Crippen molar-refractivity contribution in [2.24, 2.45) is 0 Å². The summed E-state index contributed by atoms with van der Waals surface area (Å²) < 4.78 is 2.39. The summed E-state index contributed by atoms with van der Waals surface area (Å²) in [6.07, 6.45) is 0. The third-order valence-corrected chi connectivity index (χ3v) is 14.4. The minimum atomic E-state index is 1.07. The summed E-state index contributed by atoms with van der Waals surface area (Å²) >= 11 is 0. The zero-order chi connectivity index (χ0) is 49.2. The van der Waals surface area contributed by atoms with E-state index in [0.717, 1.165) is 39.4 Å². The van der Waals surface area contributed by atoms with Gasteiger partial charge in [-0.25, -0.2) is 0 Å². The van der Waals surface area contributed by atoms with Gasteiger partial charge in [-0.2, -0.15) is 0 Å². The lowest BCUT2D eigenvalue weighted by Crippen LogP contribution is -2.10. The molecule has 74 heavy (non-hydrogen) atoms. The van der Waals surface area contributed by atoms with Crippen LogP contribution in [0.15, 0.2) is 303 Å². The molecule has 0 aliphatic rings. The highest BCUT2D eigenvalue weighted by Crippen LogP contribution is 2.42. The van der Waals surface area contributed by atoms with Crippen LogP contribution in [0, 0.1) is 0 Å². The maximum atomic E-state index is 2.39. The van der Waals surface area contributed by atoms with Crippen LogP contribution in [-0.2, 0) is 0 Å². The van der Waals surface area contributed by atoms with E-state index in [1.54, 1.807) is 0 Å². The van der Waals surface area contributed by atoms with E-state index in [1.165, 1.54) is 83.0 Å². The van der Waals surface area contributed by atoms with Crippen molar-refractivity contribution in [2.75, 3.05) is 4.90 Å². The zero-order valence-corrected chi connectivity index (χ0v) is 40.8. The molecule has 0 unspecified atom stereocenters. The maximum absolute atomic E-state index is 2.39. The van der Waals surface area contributed by atoms with Gasteiger partial charge in [0.25, 0.3) is 0 Å². The Kier molecular flexibility index (Phi) is 11.6. The number of benzene rings is 12. The fourth-order valence-corrected chi connectivity index (χ4v) is 10.8. The number of hydrogen-bond acceptors (Lipinski definition) is 1. The second-order valence-electron chi connectivity index (χ2n) is 18.9. The van der Waals surface area contributed by atoms with Crippen LogP contribution in [0.1, 0.15) is 0 Å². The molecule has 13 rings (SSSR count). The number of fused-ring (bicyclic) bond motifs is 3. The summed E-state index contributed by atoms with van der Waals surface area (Å²) in [5.74, 6) is 0. The fourth-order valence-electron chi connectivity index (χ4n) is 10.8. The first-order valence-electron chi connectivity index (χ1n) is 25.4. The molecule has 12 aromatic carbocycles. The summed E-state index contributed by atoms with van der Waals surface area (Å²) in [6.45, 7) is 0. The van der Waals surface area contributed by atoms with Gasteiger partial charge in [-0.15, -0.1) is 0 Å². The van der Waals surface area contributed by atoms with E-state index < -0.39 is 0 Å². The second kappa shape index (κ2) is 19.4. The van der Waals surface area contributed by atoms with Crippen molar-refractivity contribution in [3.8, 4) is 83.6 Å². The number of hydrogen-bond donors (Lipinski definition) is 0. The van der Waals surface area contributed by atoms with Crippen LogP contribution in [0.2, 0.25) is 0 Å². The van der Waals surface area contributed by atoms with Crippen molar-refractivity contribution < 1.29 is 0 Å². The molecule has 2 heteroatoms. The summed E-state index contributed by atoms with van der Waals surface area (Å²) in [4.78, 5) is 2.39. The highest BCUT2D eigenvalue weighted by atomic mass is 15.1. The van der Waals surface area contributed by atoms with Gasteiger partial charge < -0.3 is 9.47 Å². The molecule has 0 bridgehead atoms. The van der Waals surface area contributed by atoms with Crippen molar-refractivity contribution in [1.29, 1.82) is 0 Å². The van der Waals surface area contributed by atoms with E-state index in [-0.39, 0.29) is 0 Å². The molecule has 0 aliphatic carbocycles.